The predicted octanol–water partition coefficient (Wildman–Crippen LogP) is 4.21. The van der Waals surface area contributed by atoms with Gasteiger partial charge in [0.25, 0.3) is 0 Å². The zero-order valence-electron chi connectivity index (χ0n) is 9.91. The molecule has 3 heteroatoms. The minimum Gasteiger partial charge on any atom is -0.294 e. The summed E-state index contributed by atoms with van der Waals surface area (Å²) in [4.78, 5) is 12.0. The van der Waals surface area contributed by atoms with Crippen LogP contribution < -0.4 is 0 Å². The molecule has 0 aliphatic carbocycles. The van der Waals surface area contributed by atoms with Crippen molar-refractivity contribution in [3.05, 3.63) is 70.0 Å². The number of carbonyl (C=O) groups excluding carboxylic acids is 1. The summed E-state index contributed by atoms with van der Waals surface area (Å²) in [6.45, 7) is 1.95. The lowest BCUT2D eigenvalue weighted by atomic mass is 10.0. The minimum absolute atomic E-state index is 0.0233. The summed E-state index contributed by atoms with van der Waals surface area (Å²) in [5, 5.41) is 0.433. The Morgan fingerprint density at radius 3 is 2.50 bits per heavy atom. The fraction of sp³-hybridized carbons (Fsp3) is 0.133. The van der Waals surface area contributed by atoms with E-state index >= 15 is 0 Å². The molecule has 0 atom stereocenters. The van der Waals surface area contributed by atoms with Crippen LogP contribution in [0, 0.1) is 12.7 Å². The lowest BCUT2D eigenvalue weighted by molar-refractivity contribution is 0.0992. The topological polar surface area (TPSA) is 17.1 Å². The summed E-state index contributed by atoms with van der Waals surface area (Å²) in [5.74, 6) is -0.518. The summed E-state index contributed by atoms with van der Waals surface area (Å²) in [5.41, 5.74) is 1.99. The van der Waals surface area contributed by atoms with Gasteiger partial charge < -0.3 is 0 Å². The second-order valence-electron chi connectivity index (χ2n) is 4.20. The van der Waals surface area contributed by atoms with Crippen LogP contribution in [0.5, 0.6) is 0 Å². The minimum atomic E-state index is -0.403. The summed E-state index contributed by atoms with van der Waals surface area (Å²) in [7, 11) is 0. The van der Waals surface area contributed by atoms with E-state index in [1.54, 1.807) is 12.1 Å². The van der Waals surface area contributed by atoms with E-state index in [2.05, 4.69) is 0 Å². The smallest absolute Gasteiger partial charge is 0.167 e. The maximum atomic E-state index is 13.5. The maximum absolute atomic E-state index is 13.5. The zero-order valence-corrected chi connectivity index (χ0v) is 10.7. The number of Topliss-reactive ketones (excluding diaryl/α,β-unsaturated/α-hetero) is 1. The molecular formula is C15H12ClFO. The van der Waals surface area contributed by atoms with Gasteiger partial charge in [-0.3, -0.25) is 4.79 Å². The van der Waals surface area contributed by atoms with Crippen molar-refractivity contribution in [2.45, 2.75) is 13.3 Å². The third-order valence-electron chi connectivity index (χ3n) is 2.73. The Kier molecular flexibility index (Phi) is 3.78. The second kappa shape index (κ2) is 5.32. The van der Waals surface area contributed by atoms with Gasteiger partial charge in [0.15, 0.2) is 5.78 Å². The number of halogens is 2. The number of hydrogen-bond acceptors (Lipinski definition) is 1. The Bertz CT molecular complexity index is 576. The van der Waals surface area contributed by atoms with E-state index in [1.807, 2.05) is 19.1 Å². The van der Waals surface area contributed by atoms with Crippen molar-refractivity contribution >= 4 is 17.4 Å². The largest absolute Gasteiger partial charge is 0.294 e. The van der Waals surface area contributed by atoms with Crippen molar-refractivity contribution in [1.29, 1.82) is 0 Å². The van der Waals surface area contributed by atoms with Crippen LogP contribution >= 0.6 is 11.6 Å². The molecule has 2 rings (SSSR count). The van der Waals surface area contributed by atoms with Gasteiger partial charge in [0.2, 0.25) is 0 Å². The lowest BCUT2D eigenvalue weighted by Crippen LogP contribution is -2.05. The molecule has 92 valence electrons. The van der Waals surface area contributed by atoms with Crippen LogP contribution in [-0.4, -0.2) is 5.78 Å². The highest BCUT2D eigenvalue weighted by Crippen LogP contribution is 2.17. The average Bonchev–Trinajstić information content (AvgIpc) is 2.34. The molecule has 2 aromatic carbocycles. The van der Waals surface area contributed by atoms with Gasteiger partial charge in [0, 0.05) is 17.0 Å². The van der Waals surface area contributed by atoms with Gasteiger partial charge in [0.05, 0.1) is 0 Å². The lowest BCUT2D eigenvalue weighted by Gasteiger charge is -2.04. The van der Waals surface area contributed by atoms with Crippen molar-refractivity contribution in [3.8, 4) is 0 Å². The molecule has 0 spiro atoms. The first-order chi connectivity index (χ1) is 8.56. The highest BCUT2D eigenvalue weighted by atomic mass is 35.5. The molecule has 0 aliphatic rings. The van der Waals surface area contributed by atoms with E-state index in [9.17, 15) is 9.18 Å². The molecule has 0 bridgehead atoms. The van der Waals surface area contributed by atoms with Crippen molar-refractivity contribution in [2.24, 2.45) is 0 Å². The Morgan fingerprint density at radius 1 is 1.17 bits per heavy atom. The number of aryl methyl sites for hydroxylation is 1. The Balaban J connectivity index is 2.21. The van der Waals surface area contributed by atoms with Crippen LogP contribution in [0.3, 0.4) is 0 Å². The first-order valence-electron chi connectivity index (χ1n) is 5.60. The van der Waals surface area contributed by atoms with Crippen molar-refractivity contribution in [3.63, 3.8) is 0 Å². The quantitative estimate of drug-likeness (QED) is 0.757. The monoisotopic (exact) mass is 262 g/mol. The SMILES string of the molecule is Cc1ccc(C(=O)Cc2cc(Cl)ccc2F)cc1. The molecule has 0 amide bonds. The highest BCUT2D eigenvalue weighted by Gasteiger charge is 2.10. The fourth-order valence-corrected chi connectivity index (χ4v) is 1.89. The molecule has 0 saturated carbocycles. The van der Waals surface area contributed by atoms with E-state index in [0.717, 1.165) is 5.56 Å². The molecule has 0 heterocycles. The van der Waals surface area contributed by atoms with E-state index in [0.29, 0.717) is 16.1 Å². The van der Waals surface area contributed by atoms with Crippen LogP contribution in [0.25, 0.3) is 0 Å². The maximum Gasteiger partial charge on any atom is 0.167 e. The molecule has 2 aromatic rings. The van der Waals surface area contributed by atoms with Crippen LogP contribution in [0.4, 0.5) is 4.39 Å². The number of ketones is 1. The molecule has 0 unspecified atom stereocenters. The summed E-state index contributed by atoms with van der Waals surface area (Å²) >= 11 is 5.79. The van der Waals surface area contributed by atoms with Crippen molar-refractivity contribution < 1.29 is 9.18 Å². The van der Waals surface area contributed by atoms with Crippen molar-refractivity contribution in [1.82, 2.24) is 0 Å². The third kappa shape index (κ3) is 2.96. The molecule has 0 radical (unpaired) electrons. The predicted molar refractivity (Wildman–Crippen MR) is 70.6 cm³/mol. The Labute approximate surface area is 110 Å². The molecule has 18 heavy (non-hydrogen) atoms. The fourth-order valence-electron chi connectivity index (χ4n) is 1.69. The van der Waals surface area contributed by atoms with Gasteiger partial charge in [-0.2, -0.15) is 0 Å². The van der Waals surface area contributed by atoms with E-state index in [1.165, 1.54) is 18.2 Å². The number of hydrogen-bond donors (Lipinski definition) is 0. The average molecular weight is 263 g/mol. The molecular weight excluding hydrogens is 251 g/mol. The summed E-state index contributed by atoms with van der Waals surface area (Å²) in [6.07, 6.45) is 0.0233. The molecule has 0 aliphatic heterocycles. The van der Waals surface area contributed by atoms with Crippen molar-refractivity contribution in [2.75, 3.05) is 0 Å². The number of carbonyl (C=O) groups is 1. The normalized spacial score (nSPS) is 10.4. The van der Waals surface area contributed by atoms with Gasteiger partial charge in [0.1, 0.15) is 5.82 Å². The van der Waals surface area contributed by atoms with Gasteiger partial charge in [-0.25, -0.2) is 4.39 Å². The third-order valence-corrected chi connectivity index (χ3v) is 2.97. The first kappa shape index (κ1) is 12.8. The molecule has 0 aromatic heterocycles. The molecule has 1 nitrogen and oxygen atoms in total. The first-order valence-corrected chi connectivity index (χ1v) is 5.98. The second-order valence-corrected chi connectivity index (χ2v) is 4.64. The van der Waals surface area contributed by atoms with Gasteiger partial charge >= 0.3 is 0 Å². The molecule has 0 saturated heterocycles. The Morgan fingerprint density at radius 2 is 1.83 bits per heavy atom. The summed E-state index contributed by atoms with van der Waals surface area (Å²) < 4.78 is 13.5. The number of benzene rings is 2. The van der Waals surface area contributed by atoms with E-state index in [4.69, 9.17) is 11.6 Å². The van der Waals surface area contributed by atoms with Crippen LogP contribution in [0.2, 0.25) is 5.02 Å². The van der Waals surface area contributed by atoms with Crippen LogP contribution in [0.1, 0.15) is 21.5 Å². The van der Waals surface area contributed by atoms with Gasteiger partial charge in [-0.15, -0.1) is 0 Å². The molecule has 0 N–H and O–H groups in total. The zero-order chi connectivity index (χ0) is 13.1. The van der Waals surface area contributed by atoms with Gasteiger partial charge in [-0.1, -0.05) is 41.4 Å². The standard InChI is InChI=1S/C15H12ClFO/c1-10-2-4-11(5-3-10)15(18)9-12-8-13(16)6-7-14(12)17/h2-8H,9H2,1H3. The van der Waals surface area contributed by atoms with E-state index < -0.39 is 5.82 Å². The molecule has 0 fully saturated rings. The number of rotatable bonds is 3. The van der Waals surface area contributed by atoms with E-state index in [-0.39, 0.29) is 12.2 Å². The van der Waals surface area contributed by atoms with Crippen LogP contribution in [0.15, 0.2) is 42.5 Å². The summed E-state index contributed by atoms with van der Waals surface area (Å²) in [6, 6.07) is 11.5. The highest BCUT2D eigenvalue weighted by molar-refractivity contribution is 6.30. The van der Waals surface area contributed by atoms with Gasteiger partial charge in [-0.05, 0) is 30.7 Å². The Hall–Kier alpha value is -1.67. The van der Waals surface area contributed by atoms with Crippen LogP contribution in [-0.2, 0) is 6.42 Å².